The molecule has 0 amide bonds. The van der Waals surface area contributed by atoms with Crippen molar-refractivity contribution in [3.05, 3.63) is 56.9 Å². The Morgan fingerprint density at radius 3 is 2.96 bits per heavy atom. The first-order chi connectivity index (χ1) is 12.1. The van der Waals surface area contributed by atoms with E-state index in [1.165, 1.54) is 20.7 Å². The molecule has 0 aromatic carbocycles. The number of fused-ring (bicyclic) bond motifs is 1. The summed E-state index contributed by atoms with van der Waals surface area (Å²) in [6.45, 7) is 0.263. The van der Waals surface area contributed by atoms with Crippen LogP contribution in [0.1, 0.15) is 11.3 Å². The second kappa shape index (κ2) is 6.19. The molecule has 0 spiro atoms. The molecule has 4 heterocycles. The topological polar surface area (TPSA) is 65.6 Å². The van der Waals surface area contributed by atoms with E-state index in [1.807, 2.05) is 0 Å². The number of hydrogen-bond donors (Lipinski definition) is 1. The number of halogens is 2. The molecular weight excluding hydrogens is 368 g/mol. The van der Waals surface area contributed by atoms with Gasteiger partial charge in [0.25, 0.3) is 5.76 Å². The van der Waals surface area contributed by atoms with Crippen LogP contribution in [0.2, 0.25) is 0 Å². The molecule has 1 aliphatic rings. The third kappa shape index (κ3) is 2.71. The van der Waals surface area contributed by atoms with Crippen LogP contribution < -0.4 is 5.69 Å². The number of thiol groups is 1. The number of rotatable bonds is 4. The molecule has 0 bridgehead atoms. The molecule has 0 fully saturated rings. The fourth-order valence-corrected chi connectivity index (χ4v) is 4.69. The lowest BCUT2D eigenvalue weighted by Crippen LogP contribution is -2.22. The van der Waals surface area contributed by atoms with E-state index in [4.69, 9.17) is 0 Å². The summed E-state index contributed by atoms with van der Waals surface area (Å²) in [7, 11) is -0.0233. The van der Waals surface area contributed by atoms with Crippen molar-refractivity contribution in [3.8, 4) is 0 Å². The number of nitrogens with zero attached hydrogens (tertiary/aromatic N) is 5. The average molecular weight is 381 g/mol. The van der Waals surface area contributed by atoms with Gasteiger partial charge >= 0.3 is 5.69 Å². The Morgan fingerprint density at radius 2 is 2.24 bits per heavy atom. The van der Waals surface area contributed by atoms with Crippen LogP contribution in [-0.2, 0) is 13.6 Å². The molecule has 0 radical (unpaired) electrons. The van der Waals surface area contributed by atoms with E-state index in [-0.39, 0.29) is 12.2 Å². The molecule has 3 aromatic heterocycles. The van der Waals surface area contributed by atoms with Crippen molar-refractivity contribution in [2.75, 3.05) is 0 Å². The summed E-state index contributed by atoms with van der Waals surface area (Å²) >= 11 is 1.21. The number of imidazole rings is 1. The van der Waals surface area contributed by atoms with Gasteiger partial charge in [-0.15, -0.1) is 16.0 Å². The van der Waals surface area contributed by atoms with E-state index in [2.05, 4.69) is 14.6 Å². The standard InChI is InChI=1S/C15H13F2N5OS2/c1-21-13-11(22(15(21)23)7-10-8-24-20-19-10)5-9(6-18-13)12-3-2-4-25(12)14(16)17/h2-6,8,14,25H,7H2,1H3. The zero-order valence-electron chi connectivity index (χ0n) is 13.0. The molecule has 1 aliphatic heterocycles. The van der Waals surface area contributed by atoms with Gasteiger partial charge in [-0.25, -0.2) is 9.78 Å². The Balaban J connectivity index is 1.84. The summed E-state index contributed by atoms with van der Waals surface area (Å²) in [5.74, 6) is -2.42. The van der Waals surface area contributed by atoms with Crippen LogP contribution in [0.3, 0.4) is 0 Å². The van der Waals surface area contributed by atoms with Gasteiger partial charge in [0, 0.05) is 29.1 Å². The van der Waals surface area contributed by atoms with Gasteiger partial charge < -0.3 is 0 Å². The fraction of sp³-hybridized carbons (Fsp3) is 0.200. The number of hydrogen-bond acceptors (Lipinski definition) is 5. The Kier molecular flexibility index (Phi) is 4.00. The molecule has 4 rings (SSSR count). The molecule has 3 aromatic rings. The Morgan fingerprint density at radius 1 is 1.40 bits per heavy atom. The predicted octanol–water partition coefficient (Wildman–Crippen LogP) is 2.73. The van der Waals surface area contributed by atoms with Crippen molar-refractivity contribution >= 4 is 38.5 Å². The van der Waals surface area contributed by atoms with Crippen LogP contribution in [0.25, 0.3) is 16.1 Å². The predicted molar refractivity (Wildman–Crippen MR) is 96.1 cm³/mol. The molecule has 0 aliphatic carbocycles. The second-order valence-corrected chi connectivity index (χ2v) is 8.06. The molecule has 1 atom stereocenters. The summed E-state index contributed by atoms with van der Waals surface area (Å²) in [6.07, 6.45) is 4.89. The lowest BCUT2D eigenvalue weighted by Gasteiger charge is -2.17. The first kappa shape index (κ1) is 16.2. The van der Waals surface area contributed by atoms with Crippen molar-refractivity contribution in [1.82, 2.24) is 23.7 Å². The van der Waals surface area contributed by atoms with E-state index in [0.29, 0.717) is 27.3 Å². The van der Waals surface area contributed by atoms with E-state index >= 15 is 0 Å². The second-order valence-electron chi connectivity index (χ2n) is 5.47. The van der Waals surface area contributed by atoms with Crippen LogP contribution in [0.5, 0.6) is 0 Å². The minimum absolute atomic E-state index is 0.234. The minimum Gasteiger partial charge on any atom is -0.284 e. The number of alkyl halides is 2. The summed E-state index contributed by atoms with van der Waals surface area (Å²) in [4.78, 5) is 17.4. The van der Waals surface area contributed by atoms with Crippen LogP contribution >= 0.6 is 22.4 Å². The van der Waals surface area contributed by atoms with Crippen LogP contribution in [0, 0.1) is 0 Å². The Labute approximate surface area is 147 Å². The first-order valence-electron chi connectivity index (χ1n) is 7.33. The van der Waals surface area contributed by atoms with Crippen molar-refractivity contribution < 1.29 is 8.78 Å². The molecular formula is C15H13F2N5OS2. The van der Waals surface area contributed by atoms with Gasteiger partial charge in [0.15, 0.2) is 5.65 Å². The first-order valence-corrected chi connectivity index (χ1v) is 9.64. The summed E-state index contributed by atoms with van der Waals surface area (Å²) in [6, 6.07) is 1.75. The highest BCUT2D eigenvalue weighted by Gasteiger charge is 2.23. The summed E-state index contributed by atoms with van der Waals surface area (Å²) in [5, 5.41) is 7.27. The van der Waals surface area contributed by atoms with Crippen LogP contribution in [0.4, 0.5) is 8.78 Å². The third-order valence-electron chi connectivity index (χ3n) is 3.98. The van der Waals surface area contributed by atoms with Gasteiger partial charge in [-0.3, -0.25) is 9.13 Å². The maximum atomic E-state index is 13.2. The highest BCUT2D eigenvalue weighted by Crippen LogP contribution is 2.51. The van der Waals surface area contributed by atoms with E-state index in [1.54, 1.807) is 42.3 Å². The number of aromatic nitrogens is 5. The van der Waals surface area contributed by atoms with Gasteiger partial charge in [-0.1, -0.05) is 10.6 Å². The quantitative estimate of drug-likeness (QED) is 0.706. The third-order valence-corrected chi connectivity index (χ3v) is 6.41. The largest absolute Gasteiger partial charge is 0.330 e. The number of allylic oxidation sites excluding steroid dienone is 2. The zero-order chi connectivity index (χ0) is 17.6. The monoisotopic (exact) mass is 381 g/mol. The van der Waals surface area contributed by atoms with Gasteiger partial charge in [-0.2, -0.15) is 8.78 Å². The molecule has 1 unspecified atom stereocenters. The smallest absolute Gasteiger partial charge is 0.284 e. The van der Waals surface area contributed by atoms with Gasteiger partial charge in [0.05, 0.1) is 17.8 Å². The Bertz CT molecular complexity index is 1050. The number of pyridine rings is 1. The van der Waals surface area contributed by atoms with E-state index in [0.717, 1.165) is 0 Å². The molecule has 0 saturated heterocycles. The van der Waals surface area contributed by atoms with Crippen molar-refractivity contribution in [2.24, 2.45) is 7.05 Å². The van der Waals surface area contributed by atoms with Gasteiger partial charge in [0.1, 0.15) is 0 Å². The zero-order valence-corrected chi connectivity index (χ0v) is 14.7. The van der Waals surface area contributed by atoms with Crippen LogP contribution in [0.15, 0.2) is 40.0 Å². The van der Waals surface area contributed by atoms with Crippen molar-refractivity contribution in [1.29, 1.82) is 0 Å². The Hall–Kier alpha value is -2.33. The van der Waals surface area contributed by atoms with E-state index in [9.17, 15) is 13.6 Å². The minimum atomic E-state index is -2.42. The van der Waals surface area contributed by atoms with Crippen molar-refractivity contribution in [3.63, 3.8) is 0 Å². The van der Waals surface area contributed by atoms with Crippen LogP contribution in [-0.4, -0.2) is 29.5 Å². The highest BCUT2D eigenvalue weighted by molar-refractivity contribution is 8.27. The molecule has 0 saturated carbocycles. The SMILES string of the molecule is Cn1c(=O)n(Cc2csnn2)c2cc(C3=CC=C[SH]3C(F)F)cnc21. The molecule has 0 N–H and O–H groups in total. The normalized spacial score (nSPS) is 18.4. The average Bonchev–Trinajstić information content (AvgIpc) is 3.32. The maximum Gasteiger partial charge on any atom is 0.330 e. The molecule has 25 heavy (non-hydrogen) atoms. The highest BCUT2D eigenvalue weighted by atomic mass is 32.2. The summed E-state index contributed by atoms with van der Waals surface area (Å²) in [5.41, 5.74) is 2.14. The van der Waals surface area contributed by atoms with Gasteiger partial charge in [-0.05, 0) is 29.1 Å². The summed E-state index contributed by atoms with van der Waals surface area (Å²) < 4.78 is 33.2. The lowest BCUT2D eigenvalue weighted by molar-refractivity contribution is 0.251. The fourth-order valence-electron chi connectivity index (χ4n) is 2.79. The molecule has 130 valence electrons. The number of aryl methyl sites for hydroxylation is 1. The lowest BCUT2D eigenvalue weighted by atomic mass is 10.2. The van der Waals surface area contributed by atoms with E-state index < -0.39 is 16.7 Å². The molecule has 6 nitrogen and oxygen atoms in total. The molecule has 10 heteroatoms. The maximum absolute atomic E-state index is 13.2. The van der Waals surface area contributed by atoms with Gasteiger partial charge in [0.2, 0.25) is 0 Å². The van der Waals surface area contributed by atoms with Crippen molar-refractivity contribution in [2.45, 2.75) is 12.3 Å².